The molecule has 0 amide bonds. The van der Waals surface area contributed by atoms with E-state index in [1.807, 2.05) is 0 Å². The number of carbonyl (C=O) groups excluding carboxylic acids is 4. The molecule has 10 heteroatoms. The molecule has 5 rings (SSSR count). The molecule has 4 aromatic carbocycles. The summed E-state index contributed by atoms with van der Waals surface area (Å²) in [4.78, 5) is 52.3. The number of benzene rings is 4. The van der Waals surface area contributed by atoms with Crippen molar-refractivity contribution in [2.24, 2.45) is 0 Å². The van der Waals surface area contributed by atoms with Crippen LogP contribution in [0.1, 0.15) is 41.4 Å². The van der Waals surface area contributed by atoms with E-state index >= 15 is 0 Å². The van der Waals surface area contributed by atoms with Crippen LogP contribution in [-0.2, 0) is 23.7 Å². The summed E-state index contributed by atoms with van der Waals surface area (Å²) in [5.41, 5.74) is 0.736. The molecule has 4 aromatic rings. The minimum atomic E-state index is -1.86. The van der Waals surface area contributed by atoms with Gasteiger partial charge in [0.2, 0.25) is 0 Å². The number of hydrogen-bond acceptors (Lipinski definition) is 10. The Bertz CT molecular complexity index is 1560. The van der Waals surface area contributed by atoms with Crippen LogP contribution in [-0.4, -0.2) is 66.3 Å². The second-order valence-corrected chi connectivity index (χ2v) is 9.74. The molecule has 0 radical (unpaired) electrons. The van der Waals surface area contributed by atoms with Gasteiger partial charge in [0, 0.05) is 0 Å². The van der Waals surface area contributed by atoms with E-state index in [1.54, 1.807) is 84.9 Å². The SMILES string of the molecule is O=C(OCC1O[C@@H](O)[C@@H](OC(=O)c2ccccc2)C(OC(=O)c2ccccc2)[C@@H]1OC(=O)c1ccccc1)c1ccccc1. The Morgan fingerprint density at radius 3 is 1.25 bits per heavy atom. The van der Waals surface area contributed by atoms with Crippen LogP contribution in [0.3, 0.4) is 0 Å². The quantitative estimate of drug-likeness (QED) is 0.221. The maximum atomic E-state index is 13.3. The van der Waals surface area contributed by atoms with Crippen molar-refractivity contribution in [1.82, 2.24) is 0 Å². The van der Waals surface area contributed by atoms with Crippen molar-refractivity contribution in [2.75, 3.05) is 6.61 Å². The molecule has 0 aliphatic carbocycles. The highest BCUT2D eigenvalue weighted by molar-refractivity contribution is 5.91. The summed E-state index contributed by atoms with van der Waals surface area (Å²) in [7, 11) is 0. The van der Waals surface area contributed by atoms with Gasteiger partial charge in [0.25, 0.3) is 0 Å². The van der Waals surface area contributed by atoms with Crippen molar-refractivity contribution in [3.05, 3.63) is 144 Å². The number of carbonyl (C=O) groups is 4. The zero-order chi connectivity index (χ0) is 30.9. The van der Waals surface area contributed by atoms with E-state index in [2.05, 4.69) is 0 Å². The maximum Gasteiger partial charge on any atom is 0.338 e. The van der Waals surface area contributed by atoms with Crippen molar-refractivity contribution < 1.29 is 48.0 Å². The zero-order valence-corrected chi connectivity index (χ0v) is 23.3. The number of aliphatic hydroxyl groups is 1. The third-order valence-electron chi connectivity index (χ3n) is 6.76. The Morgan fingerprint density at radius 2 is 0.841 bits per heavy atom. The van der Waals surface area contributed by atoms with E-state index in [-0.39, 0.29) is 22.3 Å². The Balaban J connectivity index is 1.48. The first-order valence-electron chi connectivity index (χ1n) is 13.7. The van der Waals surface area contributed by atoms with Crippen molar-refractivity contribution in [3.63, 3.8) is 0 Å². The lowest BCUT2D eigenvalue weighted by atomic mass is 9.97. The average molecular weight is 597 g/mol. The molecule has 224 valence electrons. The Morgan fingerprint density at radius 1 is 0.500 bits per heavy atom. The van der Waals surface area contributed by atoms with Gasteiger partial charge in [0.15, 0.2) is 24.6 Å². The topological polar surface area (TPSA) is 135 Å². The first kappa shape index (κ1) is 30.1. The summed E-state index contributed by atoms with van der Waals surface area (Å²) in [6.07, 6.45) is -7.89. The highest BCUT2D eigenvalue weighted by Gasteiger charge is 2.52. The number of hydrogen-bond donors (Lipinski definition) is 1. The molecule has 1 aliphatic rings. The fourth-order valence-corrected chi connectivity index (χ4v) is 4.54. The van der Waals surface area contributed by atoms with Crippen molar-refractivity contribution in [1.29, 1.82) is 0 Å². The van der Waals surface area contributed by atoms with Crippen molar-refractivity contribution >= 4 is 23.9 Å². The van der Waals surface area contributed by atoms with E-state index in [0.717, 1.165) is 0 Å². The second kappa shape index (κ2) is 14.2. The summed E-state index contributed by atoms with van der Waals surface area (Å²) in [6.45, 7) is -0.504. The monoisotopic (exact) mass is 596 g/mol. The zero-order valence-electron chi connectivity index (χ0n) is 23.3. The highest BCUT2D eigenvalue weighted by Crippen LogP contribution is 2.30. The molecule has 5 atom stereocenters. The normalized spacial score (nSPS) is 21.0. The molecule has 1 heterocycles. The first-order valence-corrected chi connectivity index (χ1v) is 13.7. The molecule has 0 spiro atoms. The second-order valence-electron chi connectivity index (χ2n) is 9.74. The van der Waals surface area contributed by atoms with Gasteiger partial charge in [0.1, 0.15) is 12.7 Å². The van der Waals surface area contributed by atoms with Gasteiger partial charge in [0.05, 0.1) is 22.3 Å². The molecule has 10 nitrogen and oxygen atoms in total. The van der Waals surface area contributed by atoms with E-state index in [9.17, 15) is 24.3 Å². The van der Waals surface area contributed by atoms with Gasteiger partial charge in [-0.3, -0.25) is 0 Å². The Labute approximate surface area is 252 Å². The van der Waals surface area contributed by atoms with Crippen LogP contribution in [0, 0.1) is 0 Å². The lowest BCUT2D eigenvalue weighted by Gasteiger charge is -2.42. The molecule has 1 N–H and O–H groups in total. The average Bonchev–Trinajstić information content (AvgIpc) is 3.07. The van der Waals surface area contributed by atoms with Gasteiger partial charge in [-0.15, -0.1) is 0 Å². The van der Waals surface area contributed by atoms with Crippen LogP contribution >= 0.6 is 0 Å². The van der Waals surface area contributed by atoms with E-state index < -0.39 is 61.2 Å². The lowest BCUT2D eigenvalue weighted by Crippen LogP contribution is -2.62. The van der Waals surface area contributed by atoms with Crippen molar-refractivity contribution in [2.45, 2.75) is 30.7 Å². The van der Waals surface area contributed by atoms with Gasteiger partial charge in [-0.05, 0) is 48.5 Å². The molecule has 0 aromatic heterocycles. The van der Waals surface area contributed by atoms with Crippen LogP contribution in [0.2, 0.25) is 0 Å². The van der Waals surface area contributed by atoms with Gasteiger partial charge in [-0.25, -0.2) is 19.2 Å². The van der Waals surface area contributed by atoms with Crippen LogP contribution in [0.25, 0.3) is 0 Å². The summed E-state index contributed by atoms with van der Waals surface area (Å²) in [5.74, 6) is -3.21. The summed E-state index contributed by atoms with van der Waals surface area (Å²) in [6, 6.07) is 32.1. The molecule has 1 aliphatic heterocycles. The summed E-state index contributed by atoms with van der Waals surface area (Å²) < 4.78 is 28.4. The van der Waals surface area contributed by atoms with E-state index in [0.29, 0.717) is 0 Å². The van der Waals surface area contributed by atoms with Gasteiger partial charge >= 0.3 is 23.9 Å². The van der Waals surface area contributed by atoms with Crippen LogP contribution in [0.4, 0.5) is 0 Å². The summed E-state index contributed by atoms with van der Waals surface area (Å²) >= 11 is 0. The van der Waals surface area contributed by atoms with Crippen molar-refractivity contribution in [3.8, 4) is 0 Å². The van der Waals surface area contributed by atoms with Gasteiger partial charge < -0.3 is 28.8 Å². The van der Waals surface area contributed by atoms with Gasteiger partial charge in [-0.2, -0.15) is 0 Å². The van der Waals surface area contributed by atoms with E-state index in [1.165, 1.54) is 36.4 Å². The lowest BCUT2D eigenvalue weighted by molar-refractivity contribution is -0.284. The Kier molecular flexibility index (Phi) is 9.75. The molecular formula is C34H28O10. The smallest absolute Gasteiger partial charge is 0.338 e. The number of ether oxygens (including phenoxy) is 5. The van der Waals surface area contributed by atoms with E-state index in [4.69, 9.17) is 23.7 Å². The fraction of sp³-hybridized carbons (Fsp3) is 0.176. The molecule has 44 heavy (non-hydrogen) atoms. The predicted octanol–water partition coefficient (Wildman–Crippen LogP) is 4.24. The molecule has 0 saturated carbocycles. The fourth-order valence-electron chi connectivity index (χ4n) is 4.54. The Hall–Kier alpha value is -5.32. The first-order chi connectivity index (χ1) is 21.4. The van der Waals surface area contributed by atoms with Crippen LogP contribution in [0.5, 0.6) is 0 Å². The van der Waals surface area contributed by atoms with Crippen LogP contribution < -0.4 is 0 Å². The maximum absolute atomic E-state index is 13.3. The number of esters is 4. The molecule has 1 fully saturated rings. The third-order valence-corrected chi connectivity index (χ3v) is 6.76. The number of aliphatic hydroxyl groups excluding tert-OH is 1. The standard InChI is InChI=1S/C34H28O10/c35-30(22-13-5-1-6-14-22)40-21-26-27(42-31(36)23-15-7-2-8-16-23)28(43-32(37)24-17-9-3-10-18-24)29(34(39)41-26)44-33(38)25-19-11-4-12-20-25/h1-20,26-29,34,39H,21H2/t26?,27-,28?,29+,34-/m1/s1. The van der Waals surface area contributed by atoms with Gasteiger partial charge in [-0.1, -0.05) is 72.8 Å². The minimum Gasteiger partial charge on any atom is -0.459 e. The molecular weight excluding hydrogens is 568 g/mol. The molecule has 1 saturated heterocycles. The number of rotatable bonds is 9. The minimum absolute atomic E-state index is 0.154. The largest absolute Gasteiger partial charge is 0.459 e. The highest BCUT2D eigenvalue weighted by atomic mass is 16.7. The molecule has 2 unspecified atom stereocenters. The predicted molar refractivity (Wildman–Crippen MR) is 155 cm³/mol. The third kappa shape index (κ3) is 7.35. The van der Waals surface area contributed by atoms with Crippen LogP contribution in [0.15, 0.2) is 121 Å². The molecule has 0 bridgehead atoms. The summed E-state index contributed by atoms with van der Waals surface area (Å²) in [5, 5.41) is 11.1.